The van der Waals surface area contributed by atoms with Gasteiger partial charge in [-0.1, -0.05) is 18.2 Å². The minimum absolute atomic E-state index is 0.287. The molecule has 2 N–H and O–H groups in total. The number of nitrogens with two attached hydrogens (primary N) is 1. The highest BCUT2D eigenvalue weighted by Gasteiger charge is 2.07. The van der Waals surface area contributed by atoms with E-state index in [0.29, 0.717) is 17.9 Å². The number of rotatable bonds is 6. The first-order valence-corrected chi connectivity index (χ1v) is 6.61. The molecule has 0 aliphatic heterocycles. The molecule has 0 spiro atoms. The van der Waals surface area contributed by atoms with Gasteiger partial charge in [-0.2, -0.15) is 16.4 Å². The number of hydrogen-bond donors (Lipinski definition) is 1. The number of nitrogens with zero attached hydrogens (tertiary/aromatic N) is 4. The number of carbonyl (C=O) groups excluding carboxylic acids is 1. The maximum Gasteiger partial charge on any atom is 0.218 e. The van der Waals surface area contributed by atoms with Crippen molar-refractivity contribution < 1.29 is 4.79 Å². The normalized spacial score (nSPS) is 10.4. The van der Waals surface area contributed by atoms with Gasteiger partial charge in [-0.05, 0) is 22.6 Å². The van der Waals surface area contributed by atoms with Crippen LogP contribution in [0.25, 0.3) is 5.69 Å². The van der Waals surface area contributed by atoms with E-state index in [1.165, 1.54) is 0 Å². The Morgan fingerprint density at radius 3 is 2.83 bits per heavy atom. The first-order chi connectivity index (χ1) is 8.77. The number of primary amides is 1. The highest BCUT2D eigenvalue weighted by atomic mass is 32.2. The van der Waals surface area contributed by atoms with E-state index in [-0.39, 0.29) is 5.91 Å². The Morgan fingerprint density at radius 1 is 1.33 bits per heavy atom. The molecule has 6 nitrogen and oxygen atoms in total. The third kappa shape index (κ3) is 3.30. The maximum absolute atomic E-state index is 10.6. The summed E-state index contributed by atoms with van der Waals surface area (Å²) in [6, 6.07) is 9.68. The number of amides is 1. The van der Waals surface area contributed by atoms with Gasteiger partial charge in [0, 0.05) is 12.2 Å². The van der Waals surface area contributed by atoms with Crippen molar-refractivity contribution in [2.24, 2.45) is 5.73 Å². The van der Waals surface area contributed by atoms with Crippen molar-refractivity contribution in [3.8, 4) is 5.69 Å². The zero-order valence-corrected chi connectivity index (χ0v) is 10.5. The second-order valence-corrected chi connectivity index (χ2v) is 4.72. The van der Waals surface area contributed by atoms with E-state index >= 15 is 0 Å². The van der Waals surface area contributed by atoms with Crippen molar-refractivity contribution >= 4 is 17.7 Å². The number of thioether (sulfide) groups is 1. The van der Waals surface area contributed by atoms with Crippen LogP contribution in [0, 0.1) is 0 Å². The Morgan fingerprint density at radius 2 is 2.11 bits per heavy atom. The van der Waals surface area contributed by atoms with Gasteiger partial charge < -0.3 is 5.73 Å². The van der Waals surface area contributed by atoms with E-state index in [9.17, 15) is 4.79 Å². The number of carbonyl (C=O) groups is 1. The lowest BCUT2D eigenvalue weighted by Gasteiger charge is -2.03. The molecule has 2 aromatic rings. The van der Waals surface area contributed by atoms with Gasteiger partial charge in [0.25, 0.3) is 0 Å². The van der Waals surface area contributed by atoms with Crippen molar-refractivity contribution in [3.63, 3.8) is 0 Å². The van der Waals surface area contributed by atoms with Gasteiger partial charge in [-0.15, -0.1) is 5.10 Å². The highest BCUT2D eigenvalue weighted by Crippen LogP contribution is 2.13. The van der Waals surface area contributed by atoms with Gasteiger partial charge >= 0.3 is 0 Å². The van der Waals surface area contributed by atoms with Crippen molar-refractivity contribution in [2.75, 3.05) is 5.75 Å². The first kappa shape index (κ1) is 12.6. The molecule has 1 amide bonds. The van der Waals surface area contributed by atoms with Crippen LogP contribution < -0.4 is 5.73 Å². The van der Waals surface area contributed by atoms with Crippen LogP contribution in [0.3, 0.4) is 0 Å². The molecule has 18 heavy (non-hydrogen) atoms. The molecule has 0 bridgehead atoms. The lowest BCUT2D eigenvalue weighted by atomic mass is 10.3. The predicted molar refractivity (Wildman–Crippen MR) is 69.1 cm³/mol. The number of tetrazole rings is 1. The number of benzene rings is 1. The Hall–Kier alpha value is -1.89. The lowest BCUT2D eigenvalue weighted by molar-refractivity contribution is -0.117. The predicted octanol–water partition coefficient (Wildman–Crippen LogP) is 0.771. The second kappa shape index (κ2) is 6.15. The van der Waals surface area contributed by atoms with Crippen LogP contribution in [0.1, 0.15) is 12.2 Å². The van der Waals surface area contributed by atoms with Gasteiger partial charge in [0.05, 0.1) is 11.4 Å². The van der Waals surface area contributed by atoms with Crippen molar-refractivity contribution in [3.05, 3.63) is 36.2 Å². The summed E-state index contributed by atoms with van der Waals surface area (Å²) < 4.78 is 1.69. The SMILES string of the molecule is NC(=O)CCSCc1nnnn1-c1ccccc1. The first-order valence-electron chi connectivity index (χ1n) is 5.46. The Bertz CT molecular complexity index is 513. The minimum atomic E-state index is -0.287. The zero-order valence-electron chi connectivity index (χ0n) is 9.69. The molecule has 0 saturated heterocycles. The quantitative estimate of drug-likeness (QED) is 0.778. The Labute approximate surface area is 109 Å². The van der Waals surface area contributed by atoms with Crippen LogP contribution in [-0.4, -0.2) is 31.9 Å². The average Bonchev–Trinajstić information content (AvgIpc) is 2.84. The van der Waals surface area contributed by atoms with Crippen molar-refractivity contribution in [1.29, 1.82) is 0 Å². The van der Waals surface area contributed by atoms with Crippen LogP contribution in [-0.2, 0) is 10.5 Å². The fourth-order valence-electron chi connectivity index (χ4n) is 1.40. The summed E-state index contributed by atoms with van der Waals surface area (Å²) in [5, 5.41) is 11.6. The fraction of sp³-hybridized carbons (Fsp3) is 0.273. The largest absolute Gasteiger partial charge is 0.370 e. The average molecular weight is 263 g/mol. The lowest BCUT2D eigenvalue weighted by Crippen LogP contribution is -2.11. The number of hydrogen-bond acceptors (Lipinski definition) is 5. The molecule has 0 fully saturated rings. The molecule has 1 heterocycles. The maximum atomic E-state index is 10.6. The van der Waals surface area contributed by atoms with E-state index < -0.39 is 0 Å². The molecule has 0 unspecified atom stereocenters. The fourth-order valence-corrected chi connectivity index (χ4v) is 2.25. The zero-order chi connectivity index (χ0) is 12.8. The molecule has 0 saturated carbocycles. The monoisotopic (exact) mass is 263 g/mol. The van der Waals surface area contributed by atoms with E-state index in [1.54, 1.807) is 16.4 Å². The molecule has 2 rings (SSSR count). The molecule has 1 aromatic carbocycles. The molecule has 0 aliphatic rings. The minimum Gasteiger partial charge on any atom is -0.370 e. The molecular formula is C11H13N5OS. The summed E-state index contributed by atoms with van der Waals surface area (Å²) in [4.78, 5) is 10.6. The second-order valence-electron chi connectivity index (χ2n) is 3.61. The third-order valence-electron chi connectivity index (χ3n) is 2.26. The van der Waals surface area contributed by atoms with E-state index in [4.69, 9.17) is 5.73 Å². The summed E-state index contributed by atoms with van der Waals surface area (Å²) >= 11 is 1.58. The molecule has 94 valence electrons. The smallest absolute Gasteiger partial charge is 0.218 e. The summed E-state index contributed by atoms with van der Waals surface area (Å²) in [7, 11) is 0. The van der Waals surface area contributed by atoms with Gasteiger partial charge in [0.15, 0.2) is 5.82 Å². The molecular weight excluding hydrogens is 250 g/mol. The number of aromatic nitrogens is 4. The van der Waals surface area contributed by atoms with E-state index in [2.05, 4.69) is 15.5 Å². The summed E-state index contributed by atoms with van der Waals surface area (Å²) in [6.07, 6.45) is 0.373. The van der Waals surface area contributed by atoms with Gasteiger partial charge in [0.1, 0.15) is 0 Å². The molecule has 1 aromatic heterocycles. The van der Waals surface area contributed by atoms with E-state index in [1.807, 2.05) is 30.3 Å². The van der Waals surface area contributed by atoms with E-state index in [0.717, 1.165) is 11.5 Å². The summed E-state index contributed by atoms with van der Waals surface area (Å²) in [6.45, 7) is 0. The summed E-state index contributed by atoms with van der Waals surface area (Å²) in [5.74, 6) is 1.80. The molecule has 0 aliphatic carbocycles. The van der Waals surface area contributed by atoms with Crippen LogP contribution >= 0.6 is 11.8 Å². The van der Waals surface area contributed by atoms with Crippen LogP contribution in [0.2, 0.25) is 0 Å². The molecule has 7 heteroatoms. The molecule has 0 atom stereocenters. The van der Waals surface area contributed by atoms with Crippen molar-refractivity contribution in [2.45, 2.75) is 12.2 Å². The van der Waals surface area contributed by atoms with Crippen molar-refractivity contribution in [1.82, 2.24) is 20.2 Å². The Kier molecular flexibility index (Phi) is 4.30. The number of para-hydroxylation sites is 1. The van der Waals surface area contributed by atoms with Gasteiger partial charge in [0.2, 0.25) is 5.91 Å². The molecule has 0 radical (unpaired) electrons. The highest BCUT2D eigenvalue weighted by molar-refractivity contribution is 7.98. The Balaban J connectivity index is 1.98. The van der Waals surface area contributed by atoms with Gasteiger partial charge in [-0.3, -0.25) is 4.79 Å². The summed E-state index contributed by atoms with van der Waals surface area (Å²) in [5.41, 5.74) is 6.00. The topological polar surface area (TPSA) is 86.7 Å². The van der Waals surface area contributed by atoms with Crippen LogP contribution in [0.4, 0.5) is 0 Å². The van der Waals surface area contributed by atoms with Crippen LogP contribution in [0.15, 0.2) is 30.3 Å². The third-order valence-corrected chi connectivity index (χ3v) is 3.21. The van der Waals surface area contributed by atoms with Crippen LogP contribution in [0.5, 0.6) is 0 Å². The standard InChI is InChI=1S/C11H13N5OS/c12-10(17)6-7-18-8-11-13-14-15-16(11)9-4-2-1-3-5-9/h1-5H,6-8H2,(H2,12,17). The van der Waals surface area contributed by atoms with Gasteiger partial charge in [-0.25, -0.2) is 0 Å².